The van der Waals surface area contributed by atoms with Crippen molar-refractivity contribution in [3.63, 3.8) is 0 Å². The first-order valence-corrected chi connectivity index (χ1v) is 14.5. The largest absolute Gasteiger partial charge is 0.497 e. The molecule has 1 aliphatic heterocycles. The van der Waals surface area contributed by atoms with E-state index in [9.17, 15) is 0 Å². The number of anilines is 2. The zero-order valence-electron chi connectivity index (χ0n) is 22.6. The van der Waals surface area contributed by atoms with Crippen molar-refractivity contribution >= 4 is 22.9 Å². The topological polar surface area (TPSA) is 106 Å². The van der Waals surface area contributed by atoms with Crippen molar-refractivity contribution in [2.45, 2.75) is 94.9 Å². The molecular weight excluding hydrogens is 476 g/mol. The summed E-state index contributed by atoms with van der Waals surface area (Å²) in [7, 11) is 1.71. The molecule has 2 saturated carbocycles. The molecule has 6 rings (SSSR count). The molecule has 3 aliphatic rings. The van der Waals surface area contributed by atoms with E-state index >= 15 is 0 Å². The maximum atomic E-state index is 6.14. The highest BCUT2D eigenvalue weighted by Gasteiger charge is 2.26. The van der Waals surface area contributed by atoms with Gasteiger partial charge >= 0.3 is 0 Å². The first-order chi connectivity index (χ1) is 18.6. The number of likely N-dealkylation sites (tertiary alicyclic amines) is 1. The SMILES string of the molecule is COc1ccc(CN2CCC(Nc3nc(NC4CCC(N)CC4)nc4c3ncn4C3CCCC3)CC2)cc1. The summed E-state index contributed by atoms with van der Waals surface area (Å²) in [6, 6.07) is 9.98. The van der Waals surface area contributed by atoms with Crippen molar-refractivity contribution in [3.05, 3.63) is 36.2 Å². The molecule has 1 saturated heterocycles. The van der Waals surface area contributed by atoms with Crippen LogP contribution in [0.5, 0.6) is 5.75 Å². The van der Waals surface area contributed by atoms with Crippen molar-refractivity contribution in [2.24, 2.45) is 5.73 Å². The summed E-state index contributed by atoms with van der Waals surface area (Å²) in [4.78, 5) is 17.3. The van der Waals surface area contributed by atoms with E-state index in [1.165, 1.54) is 31.2 Å². The van der Waals surface area contributed by atoms with E-state index in [1.54, 1.807) is 7.11 Å². The molecule has 204 valence electrons. The summed E-state index contributed by atoms with van der Waals surface area (Å²) in [5.74, 6) is 2.50. The predicted molar refractivity (Wildman–Crippen MR) is 152 cm³/mol. The minimum Gasteiger partial charge on any atom is -0.497 e. The van der Waals surface area contributed by atoms with Gasteiger partial charge in [-0.05, 0) is 69.1 Å². The third-order valence-electron chi connectivity index (χ3n) is 8.74. The Morgan fingerprint density at radius 3 is 2.32 bits per heavy atom. The van der Waals surface area contributed by atoms with Gasteiger partial charge < -0.3 is 25.7 Å². The number of benzene rings is 1. The number of ether oxygens (including phenoxy) is 1. The minimum atomic E-state index is 0.327. The molecule has 2 aromatic heterocycles. The lowest BCUT2D eigenvalue weighted by atomic mass is 9.92. The molecule has 0 radical (unpaired) electrons. The lowest BCUT2D eigenvalue weighted by Crippen LogP contribution is -2.39. The normalized spacial score (nSPS) is 23.6. The second-order valence-electron chi connectivity index (χ2n) is 11.5. The van der Waals surface area contributed by atoms with E-state index in [2.05, 4.69) is 32.2 Å². The van der Waals surface area contributed by atoms with Crippen LogP contribution in [0.1, 0.15) is 75.8 Å². The fourth-order valence-corrected chi connectivity index (χ4v) is 6.40. The molecule has 3 fully saturated rings. The number of methoxy groups -OCH3 is 1. The fourth-order valence-electron chi connectivity index (χ4n) is 6.40. The molecule has 3 heterocycles. The molecular formula is C29H42N8O. The predicted octanol–water partition coefficient (Wildman–Crippen LogP) is 4.71. The molecule has 0 amide bonds. The van der Waals surface area contributed by atoms with Crippen LogP contribution in [0.3, 0.4) is 0 Å². The van der Waals surface area contributed by atoms with Gasteiger partial charge in [0, 0.05) is 43.8 Å². The Kier molecular flexibility index (Phi) is 7.65. The average molecular weight is 519 g/mol. The molecule has 0 atom stereocenters. The molecule has 1 aromatic carbocycles. The summed E-state index contributed by atoms with van der Waals surface area (Å²) in [6.07, 6.45) is 13.4. The second-order valence-corrected chi connectivity index (χ2v) is 11.5. The van der Waals surface area contributed by atoms with Gasteiger partial charge in [0.2, 0.25) is 5.95 Å². The van der Waals surface area contributed by atoms with Crippen molar-refractivity contribution in [1.82, 2.24) is 24.4 Å². The number of aromatic nitrogens is 4. The van der Waals surface area contributed by atoms with Crippen molar-refractivity contribution in [2.75, 3.05) is 30.8 Å². The van der Waals surface area contributed by atoms with Crippen LogP contribution < -0.4 is 21.1 Å². The van der Waals surface area contributed by atoms with E-state index in [0.29, 0.717) is 24.2 Å². The summed E-state index contributed by atoms with van der Waals surface area (Å²) in [5.41, 5.74) is 9.33. The van der Waals surface area contributed by atoms with Crippen molar-refractivity contribution in [3.8, 4) is 5.75 Å². The maximum Gasteiger partial charge on any atom is 0.227 e. The van der Waals surface area contributed by atoms with Crippen LogP contribution in [-0.4, -0.2) is 62.7 Å². The molecule has 0 unspecified atom stereocenters. The lowest BCUT2D eigenvalue weighted by molar-refractivity contribution is 0.211. The molecule has 3 aromatic rings. The Balaban J connectivity index is 1.16. The molecule has 9 heteroatoms. The molecule has 9 nitrogen and oxygen atoms in total. The molecule has 0 bridgehead atoms. The van der Waals surface area contributed by atoms with E-state index < -0.39 is 0 Å². The second kappa shape index (κ2) is 11.5. The zero-order valence-corrected chi connectivity index (χ0v) is 22.6. The Morgan fingerprint density at radius 2 is 1.61 bits per heavy atom. The van der Waals surface area contributed by atoms with E-state index in [4.69, 9.17) is 25.4 Å². The number of piperidine rings is 1. The Morgan fingerprint density at radius 1 is 0.895 bits per heavy atom. The van der Waals surface area contributed by atoms with Gasteiger partial charge in [-0.3, -0.25) is 4.90 Å². The Labute approximate surface area is 225 Å². The highest BCUT2D eigenvalue weighted by Crippen LogP contribution is 2.34. The molecule has 0 spiro atoms. The van der Waals surface area contributed by atoms with Crippen LogP contribution >= 0.6 is 0 Å². The van der Waals surface area contributed by atoms with Crippen molar-refractivity contribution < 1.29 is 4.74 Å². The van der Waals surface area contributed by atoms with Crippen LogP contribution in [0.4, 0.5) is 11.8 Å². The Hall–Kier alpha value is -2.91. The van der Waals surface area contributed by atoms with E-state index in [0.717, 1.165) is 86.8 Å². The van der Waals surface area contributed by atoms with Gasteiger partial charge in [0.25, 0.3) is 0 Å². The van der Waals surface area contributed by atoms with Gasteiger partial charge in [-0.1, -0.05) is 25.0 Å². The van der Waals surface area contributed by atoms with Gasteiger partial charge in [-0.25, -0.2) is 4.98 Å². The highest BCUT2D eigenvalue weighted by atomic mass is 16.5. The van der Waals surface area contributed by atoms with Crippen molar-refractivity contribution in [1.29, 1.82) is 0 Å². The van der Waals surface area contributed by atoms with Crippen LogP contribution in [-0.2, 0) is 6.54 Å². The van der Waals surface area contributed by atoms with Crippen LogP contribution in [0.2, 0.25) is 0 Å². The minimum absolute atomic E-state index is 0.327. The number of imidazole rings is 1. The summed E-state index contributed by atoms with van der Waals surface area (Å²) >= 11 is 0. The number of nitrogens with one attached hydrogen (secondary N) is 2. The number of hydrogen-bond acceptors (Lipinski definition) is 8. The zero-order chi connectivity index (χ0) is 25.9. The smallest absolute Gasteiger partial charge is 0.227 e. The van der Waals surface area contributed by atoms with E-state index in [1.807, 2.05) is 18.5 Å². The summed E-state index contributed by atoms with van der Waals surface area (Å²) in [6.45, 7) is 3.09. The highest BCUT2D eigenvalue weighted by molar-refractivity contribution is 5.84. The quantitative estimate of drug-likeness (QED) is 0.394. The van der Waals surface area contributed by atoms with E-state index in [-0.39, 0.29) is 0 Å². The molecule has 38 heavy (non-hydrogen) atoms. The molecule has 2 aliphatic carbocycles. The number of hydrogen-bond donors (Lipinski definition) is 3. The number of fused-ring (bicyclic) bond motifs is 1. The first kappa shape index (κ1) is 25.4. The number of nitrogens with zero attached hydrogens (tertiary/aromatic N) is 5. The summed E-state index contributed by atoms with van der Waals surface area (Å²) < 4.78 is 7.60. The van der Waals surface area contributed by atoms with Gasteiger partial charge in [-0.15, -0.1) is 0 Å². The standard InChI is InChI=1S/C29H42N8O/c1-38-25-12-6-20(7-13-25)18-36-16-14-23(15-17-36)32-27-26-28(37(19-31-26)24-4-2-3-5-24)35-29(34-27)33-22-10-8-21(30)9-11-22/h6-7,12-13,19,21-24H,2-5,8-11,14-18,30H2,1H3,(H2,32,33,34,35). The first-order valence-electron chi connectivity index (χ1n) is 14.5. The van der Waals surface area contributed by atoms with Gasteiger partial charge in [0.05, 0.1) is 13.4 Å². The van der Waals surface area contributed by atoms with Gasteiger partial charge in [-0.2, -0.15) is 9.97 Å². The summed E-state index contributed by atoms with van der Waals surface area (Å²) in [5, 5.41) is 7.43. The average Bonchev–Trinajstić information content (AvgIpc) is 3.62. The monoisotopic (exact) mass is 518 g/mol. The third kappa shape index (κ3) is 5.73. The molecule has 4 N–H and O–H groups in total. The van der Waals surface area contributed by atoms with Gasteiger partial charge in [0.15, 0.2) is 17.0 Å². The maximum absolute atomic E-state index is 6.14. The number of rotatable bonds is 8. The Bertz CT molecular complexity index is 1190. The van der Waals surface area contributed by atoms with Gasteiger partial charge in [0.1, 0.15) is 5.75 Å². The fraction of sp³-hybridized carbons (Fsp3) is 0.621. The lowest BCUT2D eigenvalue weighted by Gasteiger charge is -2.32. The number of nitrogens with two attached hydrogens (primary N) is 1. The van der Waals surface area contributed by atoms with Crippen LogP contribution in [0.25, 0.3) is 11.2 Å². The van der Waals surface area contributed by atoms with Crippen LogP contribution in [0, 0.1) is 0 Å². The third-order valence-corrected chi connectivity index (χ3v) is 8.74. The van der Waals surface area contributed by atoms with Crippen LogP contribution in [0.15, 0.2) is 30.6 Å².